The van der Waals surface area contributed by atoms with Crippen LogP contribution < -0.4 is 30.9 Å². The molecule has 14 nitrogen and oxygen atoms in total. The number of aromatic nitrogens is 4. The summed E-state index contributed by atoms with van der Waals surface area (Å²) >= 11 is 0. The Morgan fingerprint density at radius 2 is 1.78 bits per heavy atom. The number of benzene rings is 2. The molecule has 0 bridgehead atoms. The van der Waals surface area contributed by atoms with Gasteiger partial charge in [-0.1, -0.05) is 20.4 Å². The van der Waals surface area contributed by atoms with E-state index in [2.05, 4.69) is 57.3 Å². The highest BCUT2D eigenvalue weighted by Crippen LogP contribution is 2.41. The van der Waals surface area contributed by atoms with Gasteiger partial charge < -0.3 is 34.7 Å². The van der Waals surface area contributed by atoms with Gasteiger partial charge in [0.15, 0.2) is 5.82 Å². The maximum Gasteiger partial charge on any atom is 0.419 e. The molecule has 0 saturated carbocycles. The van der Waals surface area contributed by atoms with Crippen LogP contribution in [0.2, 0.25) is 0 Å². The van der Waals surface area contributed by atoms with Crippen LogP contribution in [0.3, 0.4) is 0 Å². The Hall–Kier alpha value is -6.53. The van der Waals surface area contributed by atoms with E-state index in [1.54, 1.807) is 42.5 Å². The SMILES string of the molecule is C=CC(=O)Nc1cc(Nc2nc(-c3ccnc(N4CCn5c(cc6c5CC(C)(C)C6)C4=O)c3CO)cn(C)c2=O)ccc1N1CCN(C2CCN(c3ccc(F)c(C(F)(F)F)c3)[C@@H](C)C2)C[C@@H]1C. The molecule has 4 aliphatic rings. The van der Waals surface area contributed by atoms with Crippen LogP contribution in [0.5, 0.6) is 0 Å². The second kappa shape index (κ2) is 17.8. The van der Waals surface area contributed by atoms with Crippen molar-refractivity contribution < 1.29 is 32.3 Å². The highest BCUT2D eigenvalue weighted by Gasteiger charge is 2.39. The number of alkyl halides is 3. The molecule has 3 aromatic heterocycles. The van der Waals surface area contributed by atoms with Gasteiger partial charge in [-0.2, -0.15) is 13.2 Å². The van der Waals surface area contributed by atoms with Crippen LogP contribution in [0.1, 0.15) is 73.4 Å². The van der Waals surface area contributed by atoms with Crippen molar-refractivity contribution >= 4 is 46.2 Å². The zero-order chi connectivity index (χ0) is 48.4. The summed E-state index contributed by atoms with van der Waals surface area (Å²) in [6, 6.07) is 12.4. The summed E-state index contributed by atoms with van der Waals surface area (Å²) in [6.45, 7) is 15.3. The van der Waals surface area contributed by atoms with Gasteiger partial charge in [-0.3, -0.25) is 24.2 Å². The molecule has 0 radical (unpaired) electrons. The molecule has 68 heavy (non-hydrogen) atoms. The lowest BCUT2D eigenvalue weighted by Crippen LogP contribution is -2.58. The average molecular weight is 937 g/mol. The fourth-order valence-electron chi connectivity index (χ4n) is 10.8. The Bertz CT molecular complexity index is 2880. The van der Waals surface area contributed by atoms with Crippen molar-refractivity contribution in [3.63, 3.8) is 0 Å². The summed E-state index contributed by atoms with van der Waals surface area (Å²) in [5.41, 5.74) is 4.81. The molecule has 358 valence electrons. The number of hydrogen-bond donors (Lipinski definition) is 3. The standard InChI is InChI=1S/C50H56F4N10O4/c1-7-44(66)57-39-22-32(8-11-41(39)62-17-16-60(26-30(62)3)33-13-15-61(29(2)20-33)34-9-10-38(51)37(23-34)50(52,53)54)56-45-48(68)59(6)27-40(58-45)35-12-14-55-46(36(35)28-65)64-19-18-63-42(47(64)67)21-31-24-49(4,5)25-43(31)63/h7-12,14,21-23,27,29-30,33,65H,1,13,15-20,24-26,28H2,2-6H3,(H,56,58)(H,57,66)/t29-,30-,33?/m0/s1. The summed E-state index contributed by atoms with van der Waals surface area (Å²) < 4.78 is 58.1. The van der Waals surface area contributed by atoms with Gasteiger partial charge in [0.2, 0.25) is 5.91 Å². The highest BCUT2D eigenvalue weighted by atomic mass is 19.4. The monoisotopic (exact) mass is 936 g/mol. The maximum atomic E-state index is 14.1. The molecular formula is C50H56F4N10O4. The summed E-state index contributed by atoms with van der Waals surface area (Å²) in [4.78, 5) is 58.0. The number of hydrogen-bond acceptors (Lipinski definition) is 10. The number of piperidine rings is 1. The molecule has 5 aromatic rings. The lowest BCUT2D eigenvalue weighted by atomic mass is 9.90. The number of carbonyl (C=O) groups excluding carboxylic acids is 2. The number of aliphatic hydroxyl groups is 1. The molecule has 2 saturated heterocycles. The number of halogens is 4. The lowest BCUT2D eigenvalue weighted by Gasteiger charge is -2.48. The summed E-state index contributed by atoms with van der Waals surface area (Å²) in [7, 11) is 1.60. The number of pyridine rings is 1. The highest BCUT2D eigenvalue weighted by molar-refractivity contribution is 6.06. The van der Waals surface area contributed by atoms with Crippen LogP contribution in [-0.4, -0.2) is 91.8 Å². The molecule has 0 spiro atoms. The first kappa shape index (κ1) is 46.6. The molecule has 3 aliphatic heterocycles. The fourth-order valence-corrected chi connectivity index (χ4v) is 10.8. The zero-order valence-corrected chi connectivity index (χ0v) is 38.8. The zero-order valence-electron chi connectivity index (χ0n) is 38.8. The molecule has 3 N–H and O–H groups in total. The predicted molar refractivity (Wildman–Crippen MR) is 254 cm³/mol. The van der Waals surface area contributed by atoms with Crippen molar-refractivity contribution in [1.82, 2.24) is 24.0 Å². The molecule has 6 heterocycles. The number of piperazine rings is 1. The molecular weight excluding hydrogens is 881 g/mol. The van der Waals surface area contributed by atoms with Crippen molar-refractivity contribution in [3.8, 4) is 11.3 Å². The van der Waals surface area contributed by atoms with Crippen molar-refractivity contribution in [3.05, 3.63) is 118 Å². The Labute approximate surface area is 391 Å². The van der Waals surface area contributed by atoms with Crippen LogP contribution >= 0.6 is 0 Å². The van der Waals surface area contributed by atoms with Gasteiger partial charge >= 0.3 is 6.18 Å². The quantitative estimate of drug-likeness (QED) is 0.0951. The van der Waals surface area contributed by atoms with E-state index in [1.165, 1.54) is 28.0 Å². The van der Waals surface area contributed by atoms with Gasteiger partial charge in [-0.15, -0.1) is 0 Å². The number of nitrogens with one attached hydrogen (secondary N) is 2. The molecule has 18 heteroatoms. The van der Waals surface area contributed by atoms with Gasteiger partial charge in [0.25, 0.3) is 11.5 Å². The number of amides is 2. The second-order valence-electron chi connectivity index (χ2n) is 19.3. The van der Waals surface area contributed by atoms with E-state index >= 15 is 0 Å². The third-order valence-electron chi connectivity index (χ3n) is 14.0. The number of nitrogens with zero attached hydrogens (tertiary/aromatic N) is 8. The second-order valence-corrected chi connectivity index (χ2v) is 19.3. The first-order chi connectivity index (χ1) is 32.3. The predicted octanol–water partition coefficient (Wildman–Crippen LogP) is 7.52. The van der Waals surface area contributed by atoms with E-state index in [9.17, 15) is 37.1 Å². The molecule has 9 rings (SSSR count). The molecule has 1 unspecified atom stereocenters. The molecule has 3 atom stereocenters. The molecule has 1 aliphatic carbocycles. The Balaban J connectivity index is 0.922. The third kappa shape index (κ3) is 8.75. The summed E-state index contributed by atoms with van der Waals surface area (Å²) in [5.74, 6) is -1.58. The molecule has 2 aromatic carbocycles. The third-order valence-corrected chi connectivity index (χ3v) is 14.0. The number of anilines is 6. The van der Waals surface area contributed by atoms with E-state index < -0.39 is 35.6 Å². The first-order valence-electron chi connectivity index (χ1n) is 23.0. The van der Waals surface area contributed by atoms with E-state index in [0.29, 0.717) is 84.7 Å². The number of fused-ring (bicyclic) bond motifs is 3. The van der Waals surface area contributed by atoms with Crippen LogP contribution in [0.4, 0.5) is 51.9 Å². The van der Waals surface area contributed by atoms with Crippen LogP contribution in [-0.2, 0) is 44.0 Å². The van der Waals surface area contributed by atoms with Gasteiger partial charge in [-0.05, 0) is 105 Å². The number of aliphatic hydroxyl groups excluding tert-OH is 1. The Morgan fingerprint density at radius 1 is 0.985 bits per heavy atom. The molecule has 2 amide bonds. The van der Waals surface area contributed by atoms with Crippen LogP contribution in [0.15, 0.2) is 78.4 Å². The van der Waals surface area contributed by atoms with Gasteiger partial charge in [-0.25, -0.2) is 14.4 Å². The normalized spacial score (nSPS) is 20.6. The summed E-state index contributed by atoms with van der Waals surface area (Å²) in [5, 5.41) is 16.9. The van der Waals surface area contributed by atoms with Crippen LogP contribution in [0, 0.1) is 11.2 Å². The Morgan fingerprint density at radius 3 is 2.50 bits per heavy atom. The number of rotatable bonds is 10. The van der Waals surface area contributed by atoms with Crippen molar-refractivity contribution in [1.29, 1.82) is 0 Å². The average Bonchev–Trinajstić information content (AvgIpc) is 3.79. The number of carbonyl (C=O) groups is 2. The van der Waals surface area contributed by atoms with Crippen molar-refractivity contribution in [2.45, 2.75) is 90.8 Å². The van der Waals surface area contributed by atoms with E-state index in [-0.39, 0.29) is 35.3 Å². The van der Waals surface area contributed by atoms with E-state index in [1.807, 2.05) is 24.0 Å². The topological polar surface area (TPSA) is 144 Å². The summed E-state index contributed by atoms with van der Waals surface area (Å²) in [6.07, 6.45) is 2.79. The molecule has 2 fully saturated rings. The Kier molecular flexibility index (Phi) is 12.2. The fraction of sp³-hybridized carbons (Fsp3) is 0.420. The minimum atomic E-state index is -4.78. The van der Waals surface area contributed by atoms with Crippen molar-refractivity contribution in [2.75, 3.05) is 58.1 Å². The maximum absolute atomic E-state index is 14.1. The van der Waals surface area contributed by atoms with Gasteiger partial charge in [0, 0.05) is 105 Å². The number of aryl methyl sites for hydroxylation is 1. The van der Waals surface area contributed by atoms with E-state index in [4.69, 9.17) is 4.98 Å². The first-order valence-corrected chi connectivity index (χ1v) is 23.0. The van der Waals surface area contributed by atoms with E-state index in [0.717, 1.165) is 43.5 Å². The van der Waals surface area contributed by atoms with Gasteiger partial charge in [0.1, 0.15) is 17.3 Å². The van der Waals surface area contributed by atoms with Gasteiger partial charge in [0.05, 0.1) is 29.2 Å². The minimum Gasteiger partial charge on any atom is -0.392 e. The lowest BCUT2D eigenvalue weighted by molar-refractivity contribution is -0.140. The minimum absolute atomic E-state index is 0.00255. The van der Waals surface area contributed by atoms with Crippen LogP contribution in [0.25, 0.3) is 11.3 Å². The smallest absolute Gasteiger partial charge is 0.392 e. The largest absolute Gasteiger partial charge is 0.419 e. The van der Waals surface area contributed by atoms with Crippen molar-refractivity contribution in [2.24, 2.45) is 12.5 Å².